The molecule has 0 spiro atoms. The third-order valence-electron chi connectivity index (χ3n) is 6.60. The molecule has 10 heteroatoms. The molecule has 7 nitrogen and oxygen atoms in total. The number of nitrogens with one attached hydrogen (secondary N) is 1. The zero-order valence-electron chi connectivity index (χ0n) is 24.0. The summed E-state index contributed by atoms with van der Waals surface area (Å²) in [5, 5.41) is 3.59. The molecular weight excluding hydrogens is 581 g/mol. The van der Waals surface area contributed by atoms with Gasteiger partial charge >= 0.3 is 0 Å². The molecule has 220 valence electrons. The van der Waals surface area contributed by atoms with Gasteiger partial charge in [0.25, 0.3) is 0 Å². The molecule has 0 saturated heterocycles. The number of amides is 2. The highest BCUT2D eigenvalue weighted by Gasteiger charge is 2.34. The van der Waals surface area contributed by atoms with E-state index in [1.54, 1.807) is 30.3 Å². The first-order valence-electron chi connectivity index (χ1n) is 13.4. The van der Waals surface area contributed by atoms with Crippen LogP contribution in [0.25, 0.3) is 0 Å². The van der Waals surface area contributed by atoms with Gasteiger partial charge in [0.05, 0.1) is 11.9 Å². The SMILES string of the molecule is CC(C)NC(=O)[C@@H](Cc1ccccc1)N(Cc1c(Cl)cccc1Cl)C(=O)CN(c1ccccc1C(C)C)S(C)(=O)=O. The number of para-hydroxylation sites is 1. The Morgan fingerprint density at radius 3 is 2.00 bits per heavy atom. The monoisotopic (exact) mass is 617 g/mol. The lowest BCUT2D eigenvalue weighted by atomic mass is 10.0. The minimum atomic E-state index is -3.88. The predicted molar refractivity (Wildman–Crippen MR) is 167 cm³/mol. The largest absolute Gasteiger partial charge is 0.352 e. The van der Waals surface area contributed by atoms with Crippen LogP contribution in [0.5, 0.6) is 0 Å². The van der Waals surface area contributed by atoms with Crippen molar-refractivity contribution in [3.05, 3.63) is 99.5 Å². The zero-order chi connectivity index (χ0) is 30.3. The van der Waals surface area contributed by atoms with Crippen molar-refractivity contribution in [2.75, 3.05) is 17.1 Å². The number of carbonyl (C=O) groups is 2. The average Bonchev–Trinajstić information content (AvgIpc) is 2.90. The van der Waals surface area contributed by atoms with Crippen LogP contribution < -0.4 is 9.62 Å². The topological polar surface area (TPSA) is 86.8 Å². The minimum absolute atomic E-state index is 0.00577. The normalized spacial score (nSPS) is 12.3. The van der Waals surface area contributed by atoms with Crippen LogP contribution >= 0.6 is 23.2 Å². The van der Waals surface area contributed by atoms with Gasteiger partial charge in [-0.25, -0.2) is 8.42 Å². The second-order valence-electron chi connectivity index (χ2n) is 10.6. The summed E-state index contributed by atoms with van der Waals surface area (Å²) < 4.78 is 27.3. The zero-order valence-corrected chi connectivity index (χ0v) is 26.3. The fourth-order valence-corrected chi connectivity index (χ4v) is 5.97. The van der Waals surface area contributed by atoms with Crippen molar-refractivity contribution in [1.82, 2.24) is 10.2 Å². The van der Waals surface area contributed by atoms with Crippen molar-refractivity contribution < 1.29 is 18.0 Å². The maximum Gasteiger partial charge on any atom is 0.244 e. The first kappa shape index (κ1) is 32.4. The van der Waals surface area contributed by atoms with Crippen LogP contribution in [0.4, 0.5) is 5.69 Å². The highest BCUT2D eigenvalue weighted by molar-refractivity contribution is 7.92. The van der Waals surface area contributed by atoms with Gasteiger partial charge in [-0.15, -0.1) is 0 Å². The van der Waals surface area contributed by atoms with Crippen LogP contribution in [0, 0.1) is 0 Å². The van der Waals surface area contributed by atoms with E-state index in [-0.39, 0.29) is 30.8 Å². The molecule has 0 aliphatic heterocycles. The summed E-state index contributed by atoms with van der Waals surface area (Å²) in [4.78, 5) is 29.3. The van der Waals surface area contributed by atoms with Crippen molar-refractivity contribution in [3.63, 3.8) is 0 Å². The molecule has 0 aromatic heterocycles. The van der Waals surface area contributed by atoms with Crippen LogP contribution in [-0.2, 0) is 32.6 Å². The number of benzene rings is 3. The molecule has 2 amide bonds. The summed E-state index contributed by atoms with van der Waals surface area (Å²) in [5.41, 5.74) is 2.50. The molecular formula is C31H37Cl2N3O4S. The van der Waals surface area contributed by atoms with E-state index in [4.69, 9.17) is 23.2 Å². The molecule has 1 N–H and O–H groups in total. The molecule has 0 saturated carbocycles. The van der Waals surface area contributed by atoms with Gasteiger partial charge in [0, 0.05) is 34.6 Å². The maximum absolute atomic E-state index is 14.3. The number of rotatable bonds is 12. The van der Waals surface area contributed by atoms with Gasteiger partial charge in [-0.3, -0.25) is 13.9 Å². The lowest BCUT2D eigenvalue weighted by Gasteiger charge is -2.34. The molecule has 3 aromatic carbocycles. The number of hydrogen-bond acceptors (Lipinski definition) is 4. The molecule has 0 bridgehead atoms. The molecule has 3 rings (SSSR count). The number of anilines is 1. The molecule has 0 heterocycles. The molecule has 0 aliphatic carbocycles. The molecule has 0 unspecified atom stereocenters. The average molecular weight is 619 g/mol. The second-order valence-corrected chi connectivity index (χ2v) is 13.3. The first-order chi connectivity index (χ1) is 19.3. The van der Waals surface area contributed by atoms with Crippen LogP contribution in [0.2, 0.25) is 10.0 Å². The van der Waals surface area contributed by atoms with E-state index in [0.29, 0.717) is 21.3 Å². The number of halogens is 2. The fraction of sp³-hybridized carbons (Fsp3) is 0.355. The van der Waals surface area contributed by atoms with E-state index < -0.39 is 28.5 Å². The Labute approximate surface area is 253 Å². The van der Waals surface area contributed by atoms with E-state index in [9.17, 15) is 18.0 Å². The number of nitrogens with zero attached hydrogens (tertiary/aromatic N) is 2. The summed E-state index contributed by atoms with van der Waals surface area (Å²) in [5.74, 6) is -0.926. The van der Waals surface area contributed by atoms with Gasteiger partial charge < -0.3 is 10.2 Å². The quantitative estimate of drug-likeness (QED) is 0.268. The van der Waals surface area contributed by atoms with E-state index in [2.05, 4.69) is 5.32 Å². The van der Waals surface area contributed by atoms with E-state index in [0.717, 1.165) is 21.7 Å². The molecule has 41 heavy (non-hydrogen) atoms. The number of hydrogen-bond donors (Lipinski definition) is 1. The molecule has 0 radical (unpaired) electrons. The van der Waals surface area contributed by atoms with E-state index >= 15 is 0 Å². The van der Waals surface area contributed by atoms with Gasteiger partial charge in [-0.1, -0.05) is 91.6 Å². The highest BCUT2D eigenvalue weighted by atomic mass is 35.5. The van der Waals surface area contributed by atoms with Crippen molar-refractivity contribution in [2.24, 2.45) is 0 Å². The van der Waals surface area contributed by atoms with Crippen LogP contribution in [0.15, 0.2) is 72.8 Å². The Morgan fingerprint density at radius 1 is 0.854 bits per heavy atom. The van der Waals surface area contributed by atoms with Crippen LogP contribution in [-0.4, -0.2) is 50.0 Å². The van der Waals surface area contributed by atoms with Crippen molar-refractivity contribution in [2.45, 2.75) is 58.7 Å². The third-order valence-corrected chi connectivity index (χ3v) is 8.43. The fourth-order valence-electron chi connectivity index (χ4n) is 4.59. The Hall–Kier alpha value is -3.07. The standard InChI is InChI=1S/C31H37Cl2N3O4S/c1-21(2)24-14-9-10-17-28(24)36(41(5,39)40)20-30(37)35(19-25-26(32)15-11-16-27(25)33)29(31(38)34-22(3)4)18-23-12-7-6-8-13-23/h6-17,21-22,29H,18-20H2,1-5H3,(H,34,38)/t29-/m1/s1. The van der Waals surface area contributed by atoms with E-state index in [1.165, 1.54) is 4.90 Å². The summed E-state index contributed by atoms with van der Waals surface area (Å²) in [6, 6.07) is 20.3. The van der Waals surface area contributed by atoms with Gasteiger partial charge in [-0.05, 0) is 49.1 Å². The smallest absolute Gasteiger partial charge is 0.244 e. The molecule has 3 aromatic rings. The molecule has 1 atom stereocenters. The van der Waals surface area contributed by atoms with Gasteiger partial charge in [0.2, 0.25) is 21.8 Å². The third kappa shape index (κ3) is 8.71. The summed E-state index contributed by atoms with van der Waals surface area (Å²) in [7, 11) is -3.88. The Kier molecular flexibility index (Phi) is 11.2. The maximum atomic E-state index is 14.3. The molecule has 0 aliphatic rings. The van der Waals surface area contributed by atoms with Gasteiger partial charge in [0.15, 0.2) is 0 Å². The van der Waals surface area contributed by atoms with Crippen LogP contribution in [0.3, 0.4) is 0 Å². The van der Waals surface area contributed by atoms with E-state index in [1.807, 2.05) is 70.2 Å². The van der Waals surface area contributed by atoms with Crippen molar-refractivity contribution in [1.29, 1.82) is 0 Å². The van der Waals surface area contributed by atoms with Gasteiger partial charge in [0.1, 0.15) is 12.6 Å². The summed E-state index contributed by atoms with van der Waals surface area (Å²) in [6.07, 6.45) is 1.27. The minimum Gasteiger partial charge on any atom is -0.352 e. The van der Waals surface area contributed by atoms with Crippen LogP contribution in [0.1, 0.15) is 50.3 Å². The summed E-state index contributed by atoms with van der Waals surface area (Å²) >= 11 is 13.0. The molecule has 0 fully saturated rings. The summed E-state index contributed by atoms with van der Waals surface area (Å²) in [6.45, 7) is 6.98. The van der Waals surface area contributed by atoms with Crippen molar-refractivity contribution >= 4 is 50.7 Å². The Bertz CT molecular complexity index is 1440. The lowest BCUT2D eigenvalue weighted by molar-refractivity contribution is -0.140. The highest BCUT2D eigenvalue weighted by Crippen LogP contribution is 2.31. The Balaban J connectivity index is 2.14. The van der Waals surface area contributed by atoms with Gasteiger partial charge in [-0.2, -0.15) is 0 Å². The first-order valence-corrected chi connectivity index (χ1v) is 16.0. The Morgan fingerprint density at radius 2 is 1.44 bits per heavy atom. The number of sulfonamides is 1. The lowest BCUT2D eigenvalue weighted by Crippen LogP contribution is -2.54. The number of carbonyl (C=O) groups excluding carboxylic acids is 2. The second kappa shape index (κ2) is 14.2. The predicted octanol–water partition coefficient (Wildman–Crippen LogP) is 6.05. The van der Waals surface area contributed by atoms with Crippen molar-refractivity contribution in [3.8, 4) is 0 Å².